The molecule has 2 unspecified atom stereocenters. The Balaban J connectivity index is 3.57. The Morgan fingerprint density at radius 2 is 2.31 bits per heavy atom. The van der Waals surface area contributed by atoms with Crippen LogP contribution in [0.25, 0.3) is 0 Å². The summed E-state index contributed by atoms with van der Waals surface area (Å²) >= 11 is 5.48. The first-order chi connectivity index (χ1) is 6.11. The van der Waals surface area contributed by atoms with Crippen LogP contribution in [0.5, 0.6) is 0 Å². The SMILES string of the molecule is COCC(O)CNC(=O)C(C)CCl. The maximum Gasteiger partial charge on any atom is 0.224 e. The zero-order chi connectivity index (χ0) is 10.3. The van der Waals surface area contributed by atoms with Gasteiger partial charge in [0, 0.05) is 25.5 Å². The third kappa shape index (κ3) is 5.85. The summed E-state index contributed by atoms with van der Waals surface area (Å²) in [6.07, 6.45) is -0.656. The van der Waals surface area contributed by atoms with Gasteiger partial charge in [-0.05, 0) is 0 Å². The predicted molar refractivity (Wildman–Crippen MR) is 50.8 cm³/mol. The van der Waals surface area contributed by atoms with Gasteiger partial charge in [-0.1, -0.05) is 6.92 Å². The van der Waals surface area contributed by atoms with Crippen molar-refractivity contribution >= 4 is 17.5 Å². The molecule has 1 amide bonds. The van der Waals surface area contributed by atoms with Gasteiger partial charge >= 0.3 is 0 Å². The summed E-state index contributed by atoms with van der Waals surface area (Å²) in [6.45, 7) is 2.15. The van der Waals surface area contributed by atoms with Crippen LogP contribution in [0, 0.1) is 5.92 Å². The first-order valence-corrected chi connectivity index (χ1v) is 4.66. The third-order valence-electron chi connectivity index (χ3n) is 1.55. The van der Waals surface area contributed by atoms with Crippen molar-refractivity contribution in [3.8, 4) is 0 Å². The summed E-state index contributed by atoms with van der Waals surface area (Å²) < 4.78 is 4.70. The van der Waals surface area contributed by atoms with Gasteiger partial charge in [-0.2, -0.15) is 0 Å². The van der Waals surface area contributed by atoms with Gasteiger partial charge in [-0.3, -0.25) is 4.79 Å². The van der Waals surface area contributed by atoms with Crippen LogP contribution in [-0.2, 0) is 9.53 Å². The summed E-state index contributed by atoms with van der Waals surface area (Å²) in [7, 11) is 1.49. The number of halogens is 1. The predicted octanol–water partition coefficient (Wildman–Crippen LogP) is -0.0152. The van der Waals surface area contributed by atoms with E-state index in [0.717, 1.165) is 0 Å². The van der Waals surface area contributed by atoms with Crippen molar-refractivity contribution < 1.29 is 14.6 Å². The van der Waals surface area contributed by atoms with Crippen molar-refractivity contribution in [2.24, 2.45) is 5.92 Å². The number of amides is 1. The second kappa shape index (κ2) is 7.12. The van der Waals surface area contributed by atoms with E-state index in [4.69, 9.17) is 16.3 Å². The van der Waals surface area contributed by atoms with Gasteiger partial charge in [-0.25, -0.2) is 0 Å². The lowest BCUT2D eigenvalue weighted by atomic mass is 10.2. The van der Waals surface area contributed by atoms with Crippen LogP contribution in [0.3, 0.4) is 0 Å². The van der Waals surface area contributed by atoms with Crippen molar-refractivity contribution in [1.82, 2.24) is 5.32 Å². The Morgan fingerprint density at radius 1 is 1.69 bits per heavy atom. The highest BCUT2D eigenvalue weighted by Crippen LogP contribution is 1.97. The number of rotatable bonds is 6. The molecule has 0 rings (SSSR count). The fourth-order valence-electron chi connectivity index (χ4n) is 0.714. The monoisotopic (exact) mass is 209 g/mol. The molecular formula is C8H16ClNO3. The zero-order valence-electron chi connectivity index (χ0n) is 7.92. The number of hydrogen-bond acceptors (Lipinski definition) is 3. The first-order valence-electron chi connectivity index (χ1n) is 4.12. The van der Waals surface area contributed by atoms with Gasteiger partial charge in [0.2, 0.25) is 5.91 Å². The highest BCUT2D eigenvalue weighted by molar-refractivity contribution is 6.19. The lowest BCUT2D eigenvalue weighted by Crippen LogP contribution is -2.37. The van der Waals surface area contributed by atoms with Gasteiger partial charge in [0.1, 0.15) is 0 Å². The molecule has 0 aliphatic carbocycles. The van der Waals surface area contributed by atoms with Crippen LogP contribution < -0.4 is 5.32 Å². The molecule has 0 fully saturated rings. The van der Waals surface area contributed by atoms with Crippen LogP contribution in [-0.4, -0.2) is 43.3 Å². The molecule has 0 saturated heterocycles. The molecule has 0 spiro atoms. The number of ether oxygens (including phenoxy) is 1. The van der Waals surface area contributed by atoms with E-state index in [1.165, 1.54) is 7.11 Å². The Kier molecular flexibility index (Phi) is 6.94. The normalized spacial score (nSPS) is 15.1. The zero-order valence-corrected chi connectivity index (χ0v) is 8.67. The number of carbonyl (C=O) groups excluding carboxylic acids is 1. The molecule has 2 N–H and O–H groups in total. The Bertz CT molecular complexity index is 154. The largest absolute Gasteiger partial charge is 0.389 e. The van der Waals surface area contributed by atoms with E-state index in [1.807, 2.05) is 0 Å². The molecule has 0 heterocycles. The third-order valence-corrected chi connectivity index (χ3v) is 2.01. The molecule has 0 aromatic carbocycles. The number of nitrogens with one attached hydrogen (secondary N) is 1. The molecule has 13 heavy (non-hydrogen) atoms. The molecule has 0 aromatic heterocycles. The molecule has 5 heteroatoms. The van der Waals surface area contributed by atoms with E-state index in [-0.39, 0.29) is 30.9 Å². The summed E-state index contributed by atoms with van der Waals surface area (Å²) in [5, 5.41) is 11.7. The topological polar surface area (TPSA) is 58.6 Å². The van der Waals surface area contributed by atoms with Crippen LogP contribution in [0.4, 0.5) is 0 Å². The first kappa shape index (κ1) is 12.7. The van der Waals surface area contributed by atoms with Gasteiger partial charge in [-0.15, -0.1) is 11.6 Å². The van der Waals surface area contributed by atoms with Crippen LogP contribution in [0.2, 0.25) is 0 Å². The highest BCUT2D eigenvalue weighted by atomic mass is 35.5. The van der Waals surface area contributed by atoms with E-state index < -0.39 is 6.10 Å². The number of methoxy groups -OCH3 is 1. The Labute approximate surface area is 83.2 Å². The van der Waals surface area contributed by atoms with Crippen molar-refractivity contribution in [2.75, 3.05) is 26.1 Å². The Morgan fingerprint density at radius 3 is 2.77 bits per heavy atom. The van der Waals surface area contributed by atoms with Gasteiger partial charge in [0.25, 0.3) is 0 Å². The van der Waals surface area contributed by atoms with Crippen molar-refractivity contribution in [2.45, 2.75) is 13.0 Å². The summed E-state index contributed by atoms with van der Waals surface area (Å²) in [5.41, 5.74) is 0. The molecule has 0 saturated carbocycles. The summed E-state index contributed by atoms with van der Waals surface area (Å²) in [6, 6.07) is 0. The quantitative estimate of drug-likeness (QED) is 0.605. The molecule has 0 aliphatic heterocycles. The number of aliphatic hydroxyl groups excluding tert-OH is 1. The maximum atomic E-state index is 11.1. The lowest BCUT2D eigenvalue weighted by Gasteiger charge is -2.12. The summed E-state index contributed by atoms with van der Waals surface area (Å²) in [4.78, 5) is 11.1. The fraction of sp³-hybridized carbons (Fsp3) is 0.875. The standard InChI is InChI=1S/C8H16ClNO3/c1-6(3-9)8(12)10-4-7(11)5-13-2/h6-7,11H,3-5H2,1-2H3,(H,10,12). The van der Waals surface area contributed by atoms with Crippen LogP contribution in [0.1, 0.15) is 6.92 Å². The van der Waals surface area contributed by atoms with Crippen LogP contribution >= 0.6 is 11.6 Å². The van der Waals surface area contributed by atoms with Crippen LogP contribution in [0.15, 0.2) is 0 Å². The van der Waals surface area contributed by atoms with Gasteiger partial charge in [0.05, 0.1) is 12.7 Å². The molecule has 4 nitrogen and oxygen atoms in total. The maximum absolute atomic E-state index is 11.1. The van der Waals surface area contributed by atoms with E-state index in [9.17, 15) is 9.90 Å². The van der Waals surface area contributed by atoms with Gasteiger partial charge < -0.3 is 15.2 Å². The minimum absolute atomic E-state index is 0.148. The number of hydrogen-bond donors (Lipinski definition) is 2. The molecule has 0 aliphatic rings. The minimum atomic E-state index is -0.656. The second-order valence-corrected chi connectivity index (χ2v) is 3.22. The van der Waals surface area contributed by atoms with Crippen molar-refractivity contribution in [3.05, 3.63) is 0 Å². The lowest BCUT2D eigenvalue weighted by molar-refractivity contribution is -0.124. The molecule has 0 aromatic rings. The van der Waals surface area contributed by atoms with E-state index >= 15 is 0 Å². The summed E-state index contributed by atoms with van der Waals surface area (Å²) in [5.74, 6) is -0.0896. The molecular weight excluding hydrogens is 194 g/mol. The molecule has 0 bridgehead atoms. The minimum Gasteiger partial charge on any atom is -0.389 e. The number of carbonyl (C=O) groups is 1. The average molecular weight is 210 g/mol. The number of aliphatic hydroxyl groups is 1. The fourth-order valence-corrected chi connectivity index (χ4v) is 0.854. The van der Waals surface area contributed by atoms with Crippen molar-refractivity contribution in [3.63, 3.8) is 0 Å². The van der Waals surface area contributed by atoms with E-state index in [1.54, 1.807) is 6.92 Å². The highest BCUT2D eigenvalue weighted by Gasteiger charge is 2.12. The smallest absolute Gasteiger partial charge is 0.224 e. The molecule has 2 atom stereocenters. The van der Waals surface area contributed by atoms with Gasteiger partial charge in [0.15, 0.2) is 0 Å². The van der Waals surface area contributed by atoms with E-state index in [2.05, 4.69) is 5.32 Å². The Hall–Kier alpha value is -0.320. The van der Waals surface area contributed by atoms with E-state index in [0.29, 0.717) is 0 Å². The second-order valence-electron chi connectivity index (χ2n) is 2.91. The average Bonchev–Trinajstić information content (AvgIpc) is 2.13. The molecule has 78 valence electrons. The number of alkyl halides is 1. The van der Waals surface area contributed by atoms with Crippen molar-refractivity contribution in [1.29, 1.82) is 0 Å². The molecule has 0 radical (unpaired) electrons.